The van der Waals surface area contributed by atoms with Crippen molar-refractivity contribution in [3.63, 3.8) is 0 Å². The minimum Gasteiger partial charge on any atom is -0.338 e. The van der Waals surface area contributed by atoms with Gasteiger partial charge in [0.1, 0.15) is 5.69 Å². The third kappa shape index (κ3) is 2.11. The highest BCUT2D eigenvalue weighted by molar-refractivity contribution is 7.09. The molecule has 3 aromatic rings. The molecule has 3 nitrogen and oxygen atoms in total. The van der Waals surface area contributed by atoms with Crippen molar-refractivity contribution < 1.29 is 9.59 Å². The molecule has 0 N–H and O–H groups in total. The third-order valence-corrected chi connectivity index (χ3v) is 3.91. The van der Waals surface area contributed by atoms with Gasteiger partial charge in [0.05, 0.1) is 6.54 Å². The van der Waals surface area contributed by atoms with Crippen molar-refractivity contribution >= 4 is 34.2 Å². The minimum absolute atomic E-state index is 0.382. The average Bonchev–Trinajstić information content (AvgIpc) is 3.05. The smallest absolute Gasteiger partial charge is 0.242 e. The van der Waals surface area contributed by atoms with Crippen molar-refractivity contribution in [2.45, 2.75) is 6.54 Å². The van der Waals surface area contributed by atoms with Crippen LogP contribution in [0.4, 0.5) is 0 Å². The topological polar surface area (TPSA) is 39.1 Å². The molecule has 2 aromatic heterocycles. The van der Waals surface area contributed by atoms with Gasteiger partial charge in [-0.2, -0.15) is 0 Å². The predicted octanol–water partition coefficient (Wildman–Crippen LogP) is 3.13. The Kier molecular flexibility index (Phi) is 3.01. The van der Waals surface area contributed by atoms with Crippen LogP contribution in [0.25, 0.3) is 10.8 Å². The van der Waals surface area contributed by atoms with Crippen molar-refractivity contribution in [3.05, 3.63) is 58.5 Å². The Hall–Kier alpha value is -2.20. The summed E-state index contributed by atoms with van der Waals surface area (Å²) >= 11 is 1.64. The number of carbonyl (C=O) groups is 2. The summed E-state index contributed by atoms with van der Waals surface area (Å²) in [5, 5.41) is 3.81. The Labute approximate surface area is 114 Å². The molecule has 0 fully saturated rings. The predicted molar refractivity (Wildman–Crippen MR) is 75.8 cm³/mol. The van der Waals surface area contributed by atoms with Crippen LogP contribution in [0.5, 0.6) is 0 Å². The normalized spacial score (nSPS) is 10.7. The van der Waals surface area contributed by atoms with E-state index in [-0.39, 0.29) is 0 Å². The SMILES string of the molecule is O=CC(=O)c1c2ccccc2cn1Cc1cccs1. The average molecular weight is 269 g/mol. The summed E-state index contributed by atoms with van der Waals surface area (Å²) in [5.41, 5.74) is 0.471. The number of fused-ring (bicyclic) bond motifs is 1. The van der Waals surface area contributed by atoms with Gasteiger partial charge in [-0.1, -0.05) is 30.3 Å². The van der Waals surface area contributed by atoms with Crippen molar-refractivity contribution in [2.24, 2.45) is 0 Å². The number of benzene rings is 1. The van der Waals surface area contributed by atoms with Gasteiger partial charge in [0.25, 0.3) is 0 Å². The van der Waals surface area contributed by atoms with Crippen molar-refractivity contribution in [3.8, 4) is 0 Å². The first-order valence-electron chi connectivity index (χ1n) is 5.89. The summed E-state index contributed by atoms with van der Waals surface area (Å²) in [7, 11) is 0. The van der Waals surface area contributed by atoms with Crippen LogP contribution in [0, 0.1) is 0 Å². The summed E-state index contributed by atoms with van der Waals surface area (Å²) in [6, 6.07) is 11.6. The molecule has 0 spiro atoms. The highest BCUT2D eigenvalue weighted by Gasteiger charge is 2.16. The first kappa shape index (κ1) is 11.9. The summed E-state index contributed by atoms with van der Waals surface area (Å²) in [4.78, 5) is 23.8. The monoisotopic (exact) mass is 269 g/mol. The van der Waals surface area contributed by atoms with Crippen LogP contribution in [-0.4, -0.2) is 16.6 Å². The molecule has 0 aliphatic rings. The Bertz CT molecular complexity index is 741. The molecule has 0 saturated heterocycles. The van der Waals surface area contributed by atoms with Crippen molar-refractivity contribution in [1.29, 1.82) is 0 Å². The van der Waals surface area contributed by atoms with E-state index in [1.165, 1.54) is 0 Å². The maximum atomic E-state index is 11.9. The first-order chi connectivity index (χ1) is 9.29. The van der Waals surface area contributed by atoms with Crippen LogP contribution in [0.15, 0.2) is 48.0 Å². The highest BCUT2D eigenvalue weighted by Crippen LogP contribution is 2.23. The van der Waals surface area contributed by atoms with Crippen LogP contribution in [0.2, 0.25) is 0 Å². The molecule has 1 aromatic carbocycles. The molecule has 0 saturated carbocycles. The van der Waals surface area contributed by atoms with Gasteiger partial charge in [-0.15, -0.1) is 11.3 Å². The van der Waals surface area contributed by atoms with Gasteiger partial charge in [0.15, 0.2) is 6.29 Å². The second-order valence-electron chi connectivity index (χ2n) is 4.25. The third-order valence-electron chi connectivity index (χ3n) is 3.04. The molecule has 4 heteroatoms. The molecular weight excluding hydrogens is 258 g/mol. The van der Waals surface area contributed by atoms with Gasteiger partial charge in [-0.25, -0.2) is 0 Å². The van der Waals surface area contributed by atoms with Gasteiger partial charge in [0.2, 0.25) is 5.78 Å². The fourth-order valence-corrected chi connectivity index (χ4v) is 2.94. The molecule has 94 valence electrons. The van der Waals surface area contributed by atoms with Gasteiger partial charge in [-0.05, 0) is 11.4 Å². The standard InChI is InChI=1S/C15H11NO2S/c17-10-14(18)15-13-6-2-1-4-11(13)8-16(15)9-12-5-3-7-19-12/h1-8,10H,9H2. The maximum Gasteiger partial charge on any atom is 0.242 e. The largest absolute Gasteiger partial charge is 0.338 e. The molecule has 3 rings (SSSR count). The summed E-state index contributed by atoms with van der Waals surface area (Å²) in [6.07, 6.45) is 2.30. The number of hydrogen-bond acceptors (Lipinski definition) is 3. The van der Waals surface area contributed by atoms with Crippen LogP contribution in [-0.2, 0) is 11.3 Å². The molecular formula is C15H11NO2S. The van der Waals surface area contributed by atoms with E-state index in [2.05, 4.69) is 0 Å². The van der Waals surface area contributed by atoms with Gasteiger partial charge in [-0.3, -0.25) is 9.59 Å². The fraction of sp³-hybridized carbons (Fsp3) is 0.0667. The second-order valence-corrected chi connectivity index (χ2v) is 5.29. The van der Waals surface area contributed by atoms with E-state index in [4.69, 9.17) is 0 Å². The number of aldehydes is 1. The van der Waals surface area contributed by atoms with E-state index in [0.29, 0.717) is 18.5 Å². The number of aromatic nitrogens is 1. The summed E-state index contributed by atoms with van der Waals surface area (Å²) in [6.45, 7) is 0.612. The lowest BCUT2D eigenvalue weighted by molar-refractivity contribution is -0.104. The van der Waals surface area contributed by atoms with E-state index in [9.17, 15) is 9.59 Å². The van der Waals surface area contributed by atoms with Gasteiger partial charge in [0, 0.05) is 21.8 Å². The molecule has 19 heavy (non-hydrogen) atoms. The zero-order valence-corrected chi connectivity index (χ0v) is 10.9. The first-order valence-corrected chi connectivity index (χ1v) is 6.77. The van der Waals surface area contributed by atoms with E-state index in [1.807, 2.05) is 52.5 Å². The Morgan fingerprint density at radius 3 is 2.79 bits per heavy atom. The second kappa shape index (κ2) is 4.82. The number of thiophene rings is 1. The molecule has 0 radical (unpaired) electrons. The Balaban J connectivity index is 2.17. The highest BCUT2D eigenvalue weighted by atomic mass is 32.1. The Morgan fingerprint density at radius 1 is 1.21 bits per heavy atom. The summed E-state index contributed by atoms with van der Waals surface area (Å²) < 4.78 is 1.85. The van der Waals surface area contributed by atoms with Crippen molar-refractivity contribution in [1.82, 2.24) is 4.57 Å². The zero-order valence-electron chi connectivity index (χ0n) is 10.1. The van der Waals surface area contributed by atoms with E-state index in [1.54, 1.807) is 11.3 Å². The fourth-order valence-electron chi connectivity index (χ4n) is 2.24. The number of ketones is 1. The van der Waals surface area contributed by atoms with Crippen LogP contribution < -0.4 is 0 Å². The molecule has 0 unspecified atom stereocenters. The lowest BCUT2D eigenvalue weighted by Gasteiger charge is -2.04. The minimum atomic E-state index is -0.474. The maximum absolute atomic E-state index is 11.9. The van der Waals surface area contributed by atoms with E-state index < -0.39 is 5.78 Å². The molecule has 0 aliphatic carbocycles. The van der Waals surface area contributed by atoms with Crippen LogP contribution >= 0.6 is 11.3 Å². The van der Waals surface area contributed by atoms with Crippen molar-refractivity contribution in [2.75, 3.05) is 0 Å². The lowest BCUT2D eigenvalue weighted by atomic mass is 10.1. The number of hydrogen-bond donors (Lipinski definition) is 0. The Morgan fingerprint density at radius 2 is 2.05 bits per heavy atom. The molecule has 0 atom stereocenters. The van der Waals surface area contributed by atoms with E-state index >= 15 is 0 Å². The number of carbonyl (C=O) groups excluding carboxylic acids is 2. The number of rotatable bonds is 4. The molecule has 2 heterocycles. The van der Waals surface area contributed by atoms with E-state index in [0.717, 1.165) is 15.6 Å². The summed E-state index contributed by atoms with van der Waals surface area (Å²) in [5.74, 6) is -0.474. The molecule has 0 bridgehead atoms. The lowest BCUT2D eigenvalue weighted by Crippen LogP contribution is -2.10. The van der Waals surface area contributed by atoms with Gasteiger partial charge >= 0.3 is 0 Å². The molecule has 0 aliphatic heterocycles. The zero-order chi connectivity index (χ0) is 13.2. The molecule has 0 amide bonds. The van der Waals surface area contributed by atoms with Crippen LogP contribution in [0.3, 0.4) is 0 Å². The quantitative estimate of drug-likeness (QED) is 0.414. The number of nitrogens with zero attached hydrogens (tertiary/aromatic N) is 1. The number of Topliss-reactive ketones (excluding diaryl/α,β-unsaturated/α-hetero) is 1. The van der Waals surface area contributed by atoms with Gasteiger partial charge < -0.3 is 4.57 Å². The van der Waals surface area contributed by atoms with Crippen LogP contribution in [0.1, 0.15) is 15.4 Å².